The van der Waals surface area contributed by atoms with Gasteiger partial charge >= 0.3 is 0 Å². The third-order valence-corrected chi connectivity index (χ3v) is 1.20. The minimum absolute atomic E-state index is 0.961. The van der Waals surface area contributed by atoms with Crippen molar-refractivity contribution in [3.8, 4) is 0 Å². The van der Waals surface area contributed by atoms with E-state index >= 15 is 0 Å². The zero-order valence-corrected chi connectivity index (χ0v) is 5.28. The molecule has 1 heteroatoms. The lowest BCUT2D eigenvalue weighted by Gasteiger charge is -1.95. The zero-order chi connectivity index (χ0) is 5.86. The van der Waals surface area contributed by atoms with Crippen LogP contribution in [-0.4, -0.2) is 7.85 Å². The fraction of sp³-hybridized carbons (Fsp3) is 0.667. The van der Waals surface area contributed by atoms with Gasteiger partial charge in [0.2, 0.25) is 0 Å². The van der Waals surface area contributed by atoms with Crippen LogP contribution in [0.3, 0.4) is 0 Å². The maximum Gasteiger partial charge on any atom is 0.107 e. The molecule has 0 aliphatic carbocycles. The average Bonchev–Trinajstić information content (AvgIpc) is 1.65. The summed E-state index contributed by atoms with van der Waals surface area (Å²) in [6.45, 7) is 6.08. The Labute approximate surface area is 47.0 Å². The summed E-state index contributed by atoms with van der Waals surface area (Å²) >= 11 is 0. The molecule has 0 N–H and O–H groups in total. The number of rotatable bonds is 1. The second-order valence-corrected chi connectivity index (χ2v) is 1.82. The van der Waals surface area contributed by atoms with Gasteiger partial charge < -0.3 is 0 Å². The average molecular weight is 94.0 g/mol. The molecule has 2 radical (unpaired) electrons. The molecule has 0 amide bonds. The second-order valence-electron chi connectivity index (χ2n) is 1.82. The van der Waals surface area contributed by atoms with Crippen LogP contribution in [0.25, 0.3) is 0 Å². The summed E-state index contributed by atoms with van der Waals surface area (Å²) in [4.78, 5) is 0. The maximum absolute atomic E-state index is 5.43. The molecule has 0 aromatic carbocycles. The summed E-state index contributed by atoms with van der Waals surface area (Å²) in [5, 5.41) is 0. The first-order chi connectivity index (χ1) is 3.18. The van der Waals surface area contributed by atoms with Crippen LogP contribution in [0.1, 0.15) is 27.2 Å². The van der Waals surface area contributed by atoms with Gasteiger partial charge in [0.15, 0.2) is 0 Å². The summed E-state index contributed by atoms with van der Waals surface area (Å²) in [5.74, 6) is 0. The fourth-order valence-electron chi connectivity index (χ4n) is 0.279. The van der Waals surface area contributed by atoms with E-state index < -0.39 is 0 Å². The molecule has 7 heavy (non-hydrogen) atoms. The highest BCUT2D eigenvalue weighted by molar-refractivity contribution is 6.21. The largest absolute Gasteiger partial charge is 0.122 e. The van der Waals surface area contributed by atoms with Crippen LogP contribution in [0.5, 0.6) is 0 Å². The van der Waals surface area contributed by atoms with Crippen molar-refractivity contribution in [2.75, 3.05) is 0 Å². The zero-order valence-electron chi connectivity index (χ0n) is 5.28. The Morgan fingerprint density at radius 2 is 1.86 bits per heavy atom. The third-order valence-electron chi connectivity index (χ3n) is 1.20. The van der Waals surface area contributed by atoms with Gasteiger partial charge in [-0.05, 0) is 13.3 Å². The van der Waals surface area contributed by atoms with E-state index in [9.17, 15) is 0 Å². The van der Waals surface area contributed by atoms with E-state index in [4.69, 9.17) is 7.85 Å². The Bertz CT molecular complexity index is 78.2. The minimum atomic E-state index is 0.961. The lowest BCUT2D eigenvalue weighted by molar-refractivity contribution is 1.08. The Balaban J connectivity index is 3.72. The van der Waals surface area contributed by atoms with Gasteiger partial charge in [-0.3, -0.25) is 0 Å². The van der Waals surface area contributed by atoms with E-state index in [1.165, 1.54) is 5.57 Å². The van der Waals surface area contributed by atoms with Crippen molar-refractivity contribution in [1.82, 2.24) is 0 Å². The van der Waals surface area contributed by atoms with Crippen molar-refractivity contribution < 1.29 is 0 Å². The quantitative estimate of drug-likeness (QED) is 0.435. The smallest absolute Gasteiger partial charge is 0.107 e. The highest BCUT2D eigenvalue weighted by atomic mass is 13.9. The molecule has 0 nitrogen and oxygen atoms in total. The van der Waals surface area contributed by atoms with Crippen LogP contribution in [0.15, 0.2) is 11.0 Å². The molecule has 0 heterocycles. The van der Waals surface area contributed by atoms with Crippen LogP contribution >= 0.6 is 0 Å². The Hall–Kier alpha value is -0.195. The van der Waals surface area contributed by atoms with Gasteiger partial charge in [0.05, 0.1) is 0 Å². The molecule has 0 rings (SSSR count). The van der Waals surface area contributed by atoms with E-state index in [-0.39, 0.29) is 0 Å². The first kappa shape index (κ1) is 6.80. The topological polar surface area (TPSA) is 0 Å². The molecule has 0 aromatic rings. The second kappa shape index (κ2) is 2.89. The van der Waals surface area contributed by atoms with E-state index in [0.717, 1.165) is 11.9 Å². The Kier molecular flexibility index (Phi) is 2.81. The maximum atomic E-state index is 5.43. The predicted molar refractivity (Wildman–Crippen MR) is 34.4 cm³/mol. The highest BCUT2D eigenvalue weighted by Gasteiger charge is 1.82. The van der Waals surface area contributed by atoms with Crippen molar-refractivity contribution in [3.05, 3.63) is 11.0 Å². The van der Waals surface area contributed by atoms with Crippen molar-refractivity contribution in [1.29, 1.82) is 0 Å². The van der Waals surface area contributed by atoms with Gasteiger partial charge in [0.1, 0.15) is 7.85 Å². The molecule has 0 aromatic heterocycles. The van der Waals surface area contributed by atoms with Gasteiger partial charge in [-0.25, -0.2) is 0 Å². The van der Waals surface area contributed by atoms with Crippen molar-refractivity contribution in [2.24, 2.45) is 0 Å². The van der Waals surface area contributed by atoms with Crippen molar-refractivity contribution in [2.45, 2.75) is 27.2 Å². The summed E-state index contributed by atoms with van der Waals surface area (Å²) in [7, 11) is 5.43. The summed E-state index contributed by atoms with van der Waals surface area (Å²) in [5.41, 5.74) is 2.25. The molecule has 0 bridgehead atoms. The molecular weight excluding hydrogens is 82.9 g/mol. The van der Waals surface area contributed by atoms with E-state index in [1.807, 2.05) is 6.92 Å². The van der Waals surface area contributed by atoms with Crippen LogP contribution in [0, 0.1) is 0 Å². The molecule has 38 valence electrons. The van der Waals surface area contributed by atoms with Crippen LogP contribution in [0.2, 0.25) is 0 Å². The summed E-state index contributed by atoms with van der Waals surface area (Å²) < 4.78 is 0. The molecule has 0 aliphatic rings. The van der Waals surface area contributed by atoms with E-state index in [1.54, 1.807) is 0 Å². The van der Waals surface area contributed by atoms with E-state index in [0.29, 0.717) is 0 Å². The summed E-state index contributed by atoms with van der Waals surface area (Å²) in [6.07, 6.45) is 1.07. The normalized spacial score (nSPS) is 13.6. The van der Waals surface area contributed by atoms with Gasteiger partial charge in [0.25, 0.3) is 0 Å². The SMILES string of the molecule is [B]/C(C)=C(\C)CC. The van der Waals surface area contributed by atoms with Crippen molar-refractivity contribution >= 4 is 7.85 Å². The van der Waals surface area contributed by atoms with Crippen LogP contribution < -0.4 is 0 Å². The molecular formula is C6H11B. The van der Waals surface area contributed by atoms with E-state index in [2.05, 4.69) is 13.8 Å². The molecule has 0 aliphatic heterocycles. The third kappa shape index (κ3) is 2.49. The Morgan fingerprint density at radius 1 is 1.43 bits per heavy atom. The van der Waals surface area contributed by atoms with Gasteiger partial charge in [-0.2, -0.15) is 0 Å². The monoisotopic (exact) mass is 94.1 g/mol. The van der Waals surface area contributed by atoms with Crippen LogP contribution in [0.4, 0.5) is 0 Å². The standard InChI is InChI=1S/C6H11B/c1-4-5(2)6(3)7/h4H2,1-3H3/b6-5+. The molecule has 0 saturated carbocycles. The first-order valence-electron chi connectivity index (χ1n) is 2.60. The minimum Gasteiger partial charge on any atom is -0.122 e. The predicted octanol–water partition coefficient (Wildman–Crippen LogP) is 1.86. The summed E-state index contributed by atoms with van der Waals surface area (Å²) in [6, 6.07) is 0. The van der Waals surface area contributed by atoms with Crippen LogP contribution in [-0.2, 0) is 0 Å². The molecule has 0 spiro atoms. The highest BCUT2D eigenvalue weighted by Crippen LogP contribution is 2.01. The Morgan fingerprint density at radius 3 is 1.86 bits per heavy atom. The molecule has 0 saturated heterocycles. The fourth-order valence-corrected chi connectivity index (χ4v) is 0.279. The lowest BCUT2D eigenvalue weighted by Crippen LogP contribution is -1.78. The number of allylic oxidation sites excluding steroid dienone is 2. The number of hydrogen-bond acceptors (Lipinski definition) is 0. The first-order valence-corrected chi connectivity index (χ1v) is 2.60. The van der Waals surface area contributed by atoms with Gasteiger partial charge in [-0.15, -0.1) is 5.47 Å². The molecule has 0 unspecified atom stereocenters. The number of hydrogen-bond donors (Lipinski definition) is 0. The molecule has 0 atom stereocenters. The van der Waals surface area contributed by atoms with Crippen molar-refractivity contribution in [3.63, 3.8) is 0 Å². The van der Waals surface area contributed by atoms with Gasteiger partial charge in [-0.1, -0.05) is 19.4 Å². The lowest BCUT2D eigenvalue weighted by atomic mass is 9.92. The molecule has 0 fully saturated rings. The van der Waals surface area contributed by atoms with Gasteiger partial charge in [0, 0.05) is 0 Å².